The minimum absolute atomic E-state index is 0.128. The molecule has 1 amide bonds. The van der Waals surface area contributed by atoms with Crippen molar-refractivity contribution in [3.63, 3.8) is 0 Å². The molecule has 0 aliphatic heterocycles. The summed E-state index contributed by atoms with van der Waals surface area (Å²) in [5, 5.41) is 5.70. The van der Waals surface area contributed by atoms with Crippen LogP contribution in [0.3, 0.4) is 0 Å². The SMILES string of the molecule is COc1ccc(CNc2ccc(C(=O)Nc3ccccc3F)cn2)cc1OC. The van der Waals surface area contributed by atoms with E-state index in [0.717, 1.165) is 5.56 Å². The molecule has 144 valence electrons. The molecule has 0 bridgehead atoms. The molecule has 6 nitrogen and oxygen atoms in total. The number of benzene rings is 2. The van der Waals surface area contributed by atoms with Crippen molar-refractivity contribution in [3.05, 3.63) is 77.7 Å². The molecule has 3 aromatic rings. The number of aromatic nitrogens is 1. The summed E-state index contributed by atoms with van der Waals surface area (Å²) in [7, 11) is 3.17. The molecule has 3 rings (SSSR count). The molecule has 28 heavy (non-hydrogen) atoms. The number of carbonyl (C=O) groups is 1. The van der Waals surface area contributed by atoms with Gasteiger partial charge in [0.1, 0.15) is 11.6 Å². The van der Waals surface area contributed by atoms with E-state index < -0.39 is 11.7 Å². The van der Waals surface area contributed by atoms with Crippen LogP contribution in [0.4, 0.5) is 15.9 Å². The van der Waals surface area contributed by atoms with Crippen LogP contribution in [-0.4, -0.2) is 25.1 Å². The summed E-state index contributed by atoms with van der Waals surface area (Å²) in [5.74, 6) is 1.00. The van der Waals surface area contributed by atoms with Crippen LogP contribution >= 0.6 is 0 Å². The Bertz CT molecular complexity index is 961. The molecule has 2 N–H and O–H groups in total. The summed E-state index contributed by atoms with van der Waals surface area (Å²) in [5.41, 5.74) is 1.45. The fourth-order valence-electron chi connectivity index (χ4n) is 2.57. The van der Waals surface area contributed by atoms with Crippen LogP contribution in [-0.2, 0) is 6.54 Å². The number of pyridine rings is 1. The van der Waals surface area contributed by atoms with Gasteiger partial charge in [0.2, 0.25) is 0 Å². The fourth-order valence-corrected chi connectivity index (χ4v) is 2.57. The minimum atomic E-state index is -0.489. The quantitative estimate of drug-likeness (QED) is 0.645. The minimum Gasteiger partial charge on any atom is -0.493 e. The first-order chi connectivity index (χ1) is 13.6. The smallest absolute Gasteiger partial charge is 0.257 e. The number of nitrogens with one attached hydrogen (secondary N) is 2. The van der Waals surface area contributed by atoms with Gasteiger partial charge in [-0.3, -0.25) is 4.79 Å². The second-order valence-electron chi connectivity index (χ2n) is 5.91. The van der Waals surface area contributed by atoms with Crippen LogP contribution in [0.1, 0.15) is 15.9 Å². The summed E-state index contributed by atoms with van der Waals surface area (Å²) in [6, 6.07) is 14.9. The molecule has 0 spiro atoms. The van der Waals surface area contributed by atoms with E-state index in [0.29, 0.717) is 29.4 Å². The van der Waals surface area contributed by atoms with Crippen molar-refractivity contribution in [2.24, 2.45) is 0 Å². The van der Waals surface area contributed by atoms with Crippen LogP contribution < -0.4 is 20.1 Å². The Balaban J connectivity index is 1.61. The fraction of sp³-hybridized carbons (Fsp3) is 0.143. The first-order valence-electron chi connectivity index (χ1n) is 8.57. The lowest BCUT2D eigenvalue weighted by molar-refractivity contribution is 0.102. The van der Waals surface area contributed by atoms with Gasteiger partial charge in [-0.25, -0.2) is 9.37 Å². The monoisotopic (exact) mass is 381 g/mol. The lowest BCUT2D eigenvalue weighted by Gasteiger charge is -2.11. The van der Waals surface area contributed by atoms with Gasteiger partial charge in [-0.2, -0.15) is 0 Å². The molecule has 2 aromatic carbocycles. The number of anilines is 2. The molecule has 1 aromatic heterocycles. The maximum atomic E-state index is 13.6. The molecule has 7 heteroatoms. The van der Waals surface area contributed by atoms with Crippen molar-refractivity contribution in [1.29, 1.82) is 0 Å². The van der Waals surface area contributed by atoms with Crippen LogP contribution in [0.25, 0.3) is 0 Å². The molecule has 0 saturated heterocycles. The van der Waals surface area contributed by atoms with E-state index in [2.05, 4.69) is 15.6 Å². The van der Waals surface area contributed by atoms with Gasteiger partial charge in [0, 0.05) is 12.7 Å². The van der Waals surface area contributed by atoms with Gasteiger partial charge in [-0.1, -0.05) is 18.2 Å². The molecule has 0 aliphatic carbocycles. The number of carbonyl (C=O) groups excluding carboxylic acids is 1. The maximum Gasteiger partial charge on any atom is 0.257 e. The molecule has 0 radical (unpaired) electrons. The zero-order chi connectivity index (χ0) is 19.9. The van der Waals surface area contributed by atoms with E-state index in [9.17, 15) is 9.18 Å². The van der Waals surface area contributed by atoms with Crippen molar-refractivity contribution in [2.45, 2.75) is 6.54 Å². The third-order valence-corrected chi connectivity index (χ3v) is 4.07. The highest BCUT2D eigenvalue weighted by Gasteiger charge is 2.10. The van der Waals surface area contributed by atoms with Crippen molar-refractivity contribution in [3.8, 4) is 11.5 Å². The van der Waals surface area contributed by atoms with E-state index in [1.165, 1.54) is 18.3 Å². The summed E-state index contributed by atoms with van der Waals surface area (Å²) in [6.45, 7) is 0.522. The summed E-state index contributed by atoms with van der Waals surface area (Å²) < 4.78 is 24.1. The Labute approximate surface area is 162 Å². The number of para-hydroxylation sites is 1. The second-order valence-corrected chi connectivity index (χ2v) is 5.91. The number of ether oxygens (including phenoxy) is 2. The van der Waals surface area contributed by atoms with Crippen LogP contribution in [0.2, 0.25) is 0 Å². The van der Waals surface area contributed by atoms with Crippen LogP contribution in [0, 0.1) is 5.82 Å². The zero-order valence-electron chi connectivity index (χ0n) is 15.5. The first-order valence-corrected chi connectivity index (χ1v) is 8.57. The predicted molar refractivity (Wildman–Crippen MR) is 105 cm³/mol. The number of methoxy groups -OCH3 is 2. The zero-order valence-corrected chi connectivity index (χ0v) is 15.5. The number of hydrogen-bond donors (Lipinski definition) is 2. The van der Waals surface area contributed by atoms with Gasteiger partial charge in [0.05, 0.1) is 25.5 Å². The van der Waals surface area contributed by atoms with E-state index in [4.69, 9.17) is 9.47 Å². The Hall–Kier alpha value is -3.61. The third kappa shape index (κ3) is 4.56. The molecular formula is C21H20FN3O3. The number of hydrogen-bond acceptors (Lipinski definition) is 5. The van der Waals surface area contributed by atoms with Gasteiger partial charge >= 0.3 is 0 Å². The lowest BCUT2D eigenvalue weighted by Crippen LogP contribution is -2.13. The summed E-state index contributed by atoms with van der Waals surface area (Å²) in [4.78, 5) is 16.5. The van der Waals surface area contributed by atoms with Crippen molar-refractivity contribution >= 4 is 17.4 Å². The van der Waals surface area contributed by atoms with E-state index in [-0.39, 0.29) is 5.69 Å². The normalized spacial score (nSPS) is 10.2. The maximum absolute atomic E-state index is 13.6. The number of amides is 1. The number of nitrogens with zero attached hydrogens (tertiary/aromatic N) is 1. The highest BCUT2D eigenvalue weighted by atomic mass is 19.1. The first kappa shape index (κ1) is 19.2. The van der Waals surface area contributed by atoms with E-state index >= 15 is 0 Å². The topological polar surface area (TPSA) is 72.5 Å². The van der Waals surface area contributed by atoms with Gasteiger partial charge in [-0.15, -0.1) is 0 Å². The predicted octanol–water partition coefficient (Wildman–Crippen LogP) is 4.10. The average molecular weight is 381 g/mol. The standard InChI is InChI=1S/C21H20FN3O3/c1-27-18-9-7-14(11-19(18)28-2)12-23-20-10-8-15(13-24-20)21(26)25-17-6-4-3-5-16(17)22/h3-11,13H,12H2,1-2H3,(H,23,24)(H,25,26). The van der Waals surface area contributed by atoms with Gasteiger partial charge < -0.3 is 20.1 Å². The van der Waals surface area contributed by atoms with Gasteiger partial charge in [0.25, 0.3) is 5.91 Å². The lowest BCUT2D eigenvalue weighted by atomic mass is 10.2. The highest BCUT2D eigenvalue weighted by Crippen LogP contribution is 2.27. The van der Waals surface area contributed by atoms with E-state index in [1.807, 2.05) is 18.2 Å². The number of rotatable bonds is 7. The third-order valence-electron chi connectivity index (χ3n) is 4.07. The van der Waals surface area contributed by atoms with Crippen LogP contribution in [0.15, 0.2) is 60.8 Å². The molecule has 1 heterocycles. The Morgan fingerprint density at radius 1 is 1.04 bits per heavy atom. The second kappa shape index (κ2) is 8.85. The van der Waals surface area contributed by atoms with Gasteiger partial charge in [-0.05, 0) is 42.0 Å². The molecule has 0 unspecified atom stereocenters. The molecule has 0 atom stereocenters. The Morgan fingerprint density at radius 2 is 1.82 bits per heavy atom. The highest BCUT2D eigenvalue weighted by molar-refractivity contribution is 6.04. The molecule has 0 fully saturated rings. The van der Waals surface area contributed by atoms with Crippen molar-refractivity contribution < 1.29 is 18.7 Å². The average Bonchev–Trinajstić information content (AvgIpc) is 2.74. The molecule has 0 aliphatic rings. The molecular weight excluding hydrogens is 361 g/mol. The number of halogens is 1. The Kier molecular flexibility index (Phi) is 6.06. The summed E-state index contributed by atoms with van der Waals surface area (Å²) in [6.07, 6.45) is 1.44. The van der Waals surface area contributed by atoms with Crippen molar-refractivity contribution in [2.75, 3.05) is 24.9 Å². The van der Waals surface area contributed by atoms with Gasteiger partial charge in [0.15, 0.2) is 11.5 Å². The van der Waals surface area contributed by atoms with Crippen molar-refractivity contribution in [1.82, 2.24) is 4.98 Å². The largest absolute Gasteiger partial charge is 0.493 e. The van der Waals surface area contributed by atoms with Crippen LogP contribution in [0.5, 0.6) is 11.5 Å². The molecule has 0 saturated carbocycles. The Morgan fingerprint density at radius 3 is 2.50 bits per heavy atom. The summed E-state index contributed by atoms with van der Waals surface area (Å²) >= 11 is 0. The van der Waals surface area contributed by atoms with E-state index in [1.54, 1.807) is 38.5 Å².